The van der Waals surface area contributed by atoms with Crippen LogP contribution in [0.15, 0.2) is 152 Å². The van der Waals surface area contributed by atoms with Gasteiger partial charge in [0.25, 0.3) is 17.7 Å². The SMILES string of the molecule is C=C1CCCC(N2Cc3cc(CNC(=O)Cc4ccc(Cl)c(CN5CCOCC5)c4)ccc3C2=O)C(=O)C1.C=C1CCCC(N2Cc3cc(CNC(=O)Cc4ccc(OC)c(Cl)c4)ccc3C2=O)C(=O)C1.C=C1CCCC(N2Cc3cc(CNC(=O)Cc4cccc(CN5CCOCC5)c4)ccc3C2=O)C(=O)C1. The number of carbonyl (C=O) groups excluding carboxylic acids is 9. The molecule has 5 aliphatic heterocycles. The number of methoxy groups -OCH3 is 1. The van der Waals surface area contributed by atoms with E-state index in [0.29, 0.717) is 117 Å². The van der Waals surface area contributed by atoms with Gasteiger partial charge in [0.1, 0.15) is 5.75 Å². The molecule has 566 valence electrons. The first-order chi connectivity index (χ1) is 52.2. The van der Waals surface area contributed by atoms with E-state index in [4.69, 9.17) is 37.4 Å². The van der Waals surface area contributed by atoms with E-state index in [1.54, 1.807) is 40.0 Å². The first kappa shape index (κ1) is 78.2. The van der Waals surface area contributed by atoms with Crippen LogP contribution in [0.2, 0.25) is 10.0 Å². The van der Waals surface area contributed by atoms with Crippen molar-refractivity contribution in [3.05, 3.63) is 240 Å². The minimum atomic E-state index is -0.386. The lowest BCUT2D eigenvalue weighted by Gasteiger charge is -2.27. The smallest absolute Gasteiger partial charge is 0.255 e. The Morgan fingerprint density at radius 2 is 0.815 bits per heavy atom. The normalized spacial score (nSPS) is 19.8. The molecule has 22 heteroatoms. The maximum atomic E-state index is 13.1. The highest BCUT2D eigenvalue weighted by Gasteiger charge is 2.40. The van der Waals surface area contributed by atoms with E-state index in [-0.39, 0.29) is 83.8 Å². The standard InChI is InChI=1S/C30H34ClN3O4.C30H35N3O4.C26H27ClN2O4/c1-20-3-2-4-27(28(35)13-20)34-19-23-15-22(5-7-25(23)30(34)37)17-32-29(36)16-21-6-8-26(31)24(14-21)18-33-9-11-38-12-10-33;1-21-4-2-7-27(28(34)14-21)33-20-25-16-23(8-9-26(25)30(33)36)18-31-29(35)17-22-5-3-6-24(15-22)19-32-10-12-37-13-11-32;1-16-4-3-5-22(23(30)10-16)29-15-19-11-18(6-8-20(19)26(29)32)14-28-25(31)13-17-7-9-24(33-2)21(27)12-17/h5-8,14-15,27H,1-4,9-13,16-19H2,(H,32,36);3,5-6,8-9,15-16,27H,1-2,4,7,10-14,17-20H2,(H,31,35);6-9,11-12,22H,1,3-5,10,13-15H2,2H3,(H,28,31). The molecule has 5 heterocycles. The number of amides is 6. The monoisotopic (exact) mass is 1500 g/mol. The van der Waals surface area contributed by atoms with Gasteiger partial charge in [-0.3, -0.25) is 53.0 Å². The molecule has 3 atom stereocenters. The van der Waals surface area contributed by atoms with Gasteiger partial charge >= 0.3 is 0 Å². The number of Topliss-reactive ketones (excluding diaryl/α,β-unsaturated/α-hetero) is 3. The fourth-order valence-corrected chi connectivity index (χ4v) is 16.1. The summed E-state index contributed by atoms with van der Waals surface area (Å²) in [5, 5.41) is 10.1. The Balaban J connectivity index is 0.000000152. The molecule has 0 spiro atoms. The Morgan fingerprint density at radius 1 is 0.444 bits per heavy atom. The van der Waals surface area contributed by atoms with Crippen molar-refractivity contribution in [1.29, 1.82) is 0 Å². The third kappa shape index (κ3) is 20.3. The number of hydrogen-bond acceptors (Lipinski definition) is 14. The van der Waals surface area contributed by atoms with Crippen LogP contribution in [0.25, 0.3) is 0 Å². The van der Waals surface area contributed by atoms with Gasteiger partial charge in [-0.05, 0) is 155 Å². The number of nitrogens with one attached hydrogen (secondary N) is 3. The number of nitrogens with zero attached hydrogens (tertiary/aromatic N) is 5. The molecule has 5 fully saturated rings. The predicted octanol–water partition coefficient (Wildman–Crippen LogP) is 11.7. The van der Waals surface area contributed by atoms with E-state index in [2.05, 4.69) is 57.6 Å². The van der Waals surface area contributed by atoms with Crippen LogP contribution in [0, 0.1) is 0 Å². The van der Waals surface area contributed by atoms with Crippen molar-refractivity contribution in [1.82, 2.24) is 40.4 Å². The van der Waals surface area contributed by atoms with Crippen molar-refractivity contribution >= 4 is 76.0 Å². The van der Waals surface area contributed by atoms with Gasteiger partial charge in [0.15, 0.2) is 17.3 Å². The van der Waals surface area contributed by atoms with Gasteiger partial charge in [0.05, 0.1) is 75.9 Å². The van der Waals surface area contributed by atoms with Crippen LogP contribution < -0.4 is 20.7 Å². The second-order valence-electron chi connectivity index (χ2n) is 29.5. The molecule has 6 aromatic rings. The average molecular weight is 1500 g/mol. The Labute approximate surface area is 642 Å². The minimum Gasteiger partial charge on any atom is -0.495 e. The molecule has 108 heavy (non-hydrogen) atoms. The molecule has 3 saturated carbocycles. The number of benzene rings is 6. The number of morpholine rings is 2. The van der Waals surface area contributed by atoms with Crippen LogP contribution in [0.3, 0.4) is 0 Å². The third-order valence-corrected chi connectivity index (χ3v) is 22.1. The summed E-state index contributed by atoms with van der Waals surface area (Å²) < 4.78 is 16.0. The molecular weight excluding hydrogens is 1410 g/mol. The van der Waals surface area contributed by atoms with E-state index < -0.39 is 0 Å². The molecule has 8 aliphatic rings. The van der Waals surface area contributed by atoms with E-state index in [0.717, 1.165) is 177 Å². The Kier molecular flexibility index (Phi) is 26.5. The van der Waals surface area contributed by atoms with Crippen LogP contribution in [0.1, 0.15) is 169 Å². The van der Waals surface area contributed by atoms with Crippen molar-refractivity contribution in [3.8, 4) is 5.75 Å². The third-order valence-electron chi connectivity index (χ3n) is 21.4. The van der Waals surface area contributed by atoms with E-state index in [1.165, 1.54) is 5.56 Å². The molecule has 3 unspecified atom stereocenters. The maximum Gasteiger partial charge on any atom is 0.255 e. The Hall–Kier alpha value is -9.41. The highest BCUT2D eigenvalue weighted by atomic mass is 35.5. The zero-order valence-corrected chi connectivity index (χ0v) is 63.1. The van der Waals surface area contributed by atoms with Gasteiger partial charge in [0.2, 0.25) is 17.7 Å². The van der Waals surface area contributed by atoms with Gasteiger partial charge in [-0.2, -0.15) is 0 Å². The maximum absolute atomic E-state index is 13.1. The highest BCUT2D eigenvalue weighted by Crippen LogP contribution is 2.35. The number of carbonyl (C=O) groups is 9. The van der Waals surface area contributed by atoms with Gasteiger partial charge < -0.3 is 44.9 Å². The van der Waals surface area contributed by atoms with Gasteiger partial charge in [-0.25, -0.2) is 0 Å². The summed E-state index contributed by atoms with van der Waals surface area (Å²) >= 11 is 12.6. The predicted molar refractivity (Wildman–Crippen MR) is 413 cm³/mol. The topological polar surface area (TPSA) is 234 Å². The van der Waals surface area contributed by atoms with Crippen LogP contribution in [0.4, 0.5) is 0 Å². The van der Waals surface area contributed by atoms with Gasteiger partial charge in [-0.1, -0.05) is 139 Å². The molecule has 0 aromatic heterocycles. The quantitative estimate of drug-likeness (QED) is 0.0477. The number of ketones is 3. The van der Waals surface area contributed by atoms with Crippen molar-refractivity contribution in [2.24, 2.45) is 0 Å². The number of ether oxygens (including phenoxy) is 3. The molecule has 2 saturated heterocycles. The summed E-state index contributed by atoms with van der Waals surface area (Å²) in [7, 11) is 1.54. The Bertz CT molecular complexity index is 4470. The summed E-state index contributed by atoms with van der Waals surface area (Å²) in [5.74, 6) is 0.314. The average Bonchev–Trinajstić information content (AvgIpc) is 1.65. The first-order valence-electron chi connectivity index (χ1n) is 37.6. The number of allylic oxidation sites excluding steroid dienone is 3. The van der Waals surface area contributed by atoms with Crippen molar-refractivity contribution in [3.63, 3.8) is 0 Å². The lowest BCUT2D eigenvalue weighted by Crippen LogP contribution is -2.40. The fraction of sp³-hybridized carbons (Fsp3) is 0.407. The zero-order chi connectivity index (χ0) is 76.0. The second-order valence-corrected chi connectivity index (χ2v) is 30.3. The lowest BCUT2D eigenvalue weighted by atomic mass is 10.1. The minimum absolute atomic E-state index is 0.0361. The molecular formula is C86H96Cl2N8O12. The molecule has 0 bridgehead atoms. The highest BCUT2D eigenvalue weighted by molar-refractivity contribution is 6.32. The fourth-order valence-electron chi connectivity index (χ4n) is 15.6. The molecule has 3 aliphatic carbocycles. The Morgan fingerprint density at radius 3 is 1.22 bits per heavy atom. The lowest BCUT2D eigenvalue weighted by molar-refractivity contribution is -0.123. The van der Waals surface area contributed by atoms with Crippen LogP contribution in [0.5, 0.6) is 5.75 Å². The van der Waals surface area contributed by atoms with E-state index in [1.807, 2.05) is 84.9 Å². The second kappa shape index (κ2) is 36.7. The molecule has 3 N–H and O–H groups in total. The molecule has 6 aromatic carbocycles. The number of rotatable bonds is 20. The zero-order valence-electron chi connectivity index (χ0n) is 61.6. The van der Waals surface area contributed by atoms with Crippen molar-refractivity contribution in [2.75, 3.05) is 59.7 Å². The van der Waals surface area contributed by atoms with Crippen molar-refractivity contribution < 1.29 is 57.4 Å². The molecule has 20 nitrogen and oxygen atoms in total. The van der Waals surface area contributed by atoms with Crippen LogP contribution in [-0.4, -0.2) is 155 Å². The van der Waals surface area contributed by atoms with E-state index >= 15 is 0 Å². The largest absolute Gasteiger partial charge is 0.495 e. The van der Waals surface area contributed by atoms with Crippen LogP contribution >= 0.6 is 23.2 Å². The van der Waals surface area contributed by atoms with Crippen LogP contribution in [-0.2, 0) is 110 Å². The summed E-state index contributed by atoms with van der Waals surface area (Å²) in [6, 6.07) is 35.0. The molecule has 14 rings (SSSR count). The van der Waals surface area contributed by atoms with Gasteiger partial charge in [-0.15, -0.1) is 0 Å². The molecule has 0 radical (unpaired) electrons. The number of fused-ring (bicyclic) bond motifs is 3. The summed E-state index contributed by atoms with van der Waals surface area (Å²) in [6.07, 6.45) is 9.03. The summed E-state index contributed by atoms with van der Waals surface area (Å²) in [6.45, 7) is 22.5. The number of halogens is 2. The first-order valence-corrected chi connectivity index (χ1v) is 38.4. The van der Waals surface area contributed by atoms with E-state index in [9.17, 15) is 43.2 Å². The molecule has 6 amide bonds. The summed E-state index contributed by atoms with van der Waals surface area (Å²) in [5.41, 5.74) is 15.2. The van der Waals surface area contributed by atoms with Crippen molar-refractivity contribution in [2.45, 2.75) is 167 Å². The van der Waals surface area contributed by atoms with Gasteiger partial charge in [0, 0.05) is 120 Å². The summed E-state index contributed by atoms with van der Waals surface area (Å²) in [4.78, 5) is 125. The number of hydrogen-bond donors (Lipinski definition) is 3.